The number of ether oxygens (including phenoxy) is 1. The molecule has 1 fully saturated rings. The van der Waals surface area contributed by atoms with Crippen LogP contribution in [0.25, 0.3) is 0 Å². The van der Waals surface area contributed by atoms with Crippen molar-refractivity contribution in [1.29, 1.82) is 0 Å². The number of carbonyl (C=O) groups is 1. The summed E-state index contributed by atoms with van der Waals surface area (Å²) in [5.41, 5.74) is 2.13. The van der Waals surface area contributed by atoms with Gasteiger partial charge in [-0.2, -0.15) is 0 Å². The molecule has 1 atom stereocenters. The van der Waals surface area contributed by atoms with E-state index in [-0.39, 0.29) is 41.8 Å². The summed E-state index contributed by atoms with van der Waals surface area (Å²) in [5, 5.41) is 6.77. The van der Waals surface area contributed by atoms with E-state index >= 15 is 0 Å². The van der Waals surface area contributed by atoms with Gasteiger partial charge >= 0.3 is 0 Å². The highest BCUT2D eigenvalue weighted by Crippen LogP contribution is 2.14. The molecule has 3 rings (SSSR count). The van der Waals surface area contributed by atoms with Crippen molar-refractivity contribution in [3.63, 3.8) is 0 Å². The summed E-state index contributed by atoms with van der Waals surface area (Å²) in [6.07, 6.45) is 2.67. The third-order valence-corrected chi connectivity index (χ3v) is 5.13. The number of aliphatic imine (C=N–C) groups is 1. The summed E-state index contributed by atoms with van der Waals surface area (Å²) >= 11 is 0. The maximum Gasteiger partial charge on any atom is 0.225 e. The van der Waals surface area contributed by atoms with Crippen LogP contribution in [-0.4, -0.2) is 47.4 Å². The Hall–Kier alpha value is -2.36. The highest BCUT2D eigenvalue weighted by molar-refractivity contribution is 14.0. The van der Waals surface area contributed by atoms with Crippen molar-refractivity contribution in [2.45, 2.75) is 46.4 Å². The molecule has 1 aromatic carbocycles. The molecule has 0 saturated carbocycles. The molecule has 1 unspecified atom stereocenters. The van der Waals surface area contributed by atoms with Gasteiger partial charge in [-0.05, 0) is 30.5 Å². The van der Waals surface area contributed by atoms with E-state index in [4.69, 9.17) is 9.73 Å². The lowest BCUT2D eigenvalue weighted by Gasteiger charge is -2.20. The molecule has 7 nitrogen and oxygen atoms in total. The summed E-state index contributed by atoms with van der Waals surface area (Å²) in [6, 6.07) is 14.1. The number of amides is 1. The first-order chi connectivity index (χ1) is 15.0. The molecule has 0 aliphatic carbocycles. The predicted octanol–water partition coefficient (Wildman–Crippen LogP) is 3.59. The van der Waals surface area contributed by atoms with E-state index in [2.05, 4.69) is 15.6 Å². The lowest BCUT2D eigenvalue weighted by atomic mass is 10.2. The van der Waals surface area contributed by atoms with E-state index < -0.39 is 0 Å². The maximum atomic E-state index is 12.2. The van der Waals surface area contributed by atoms with Crippen molar-refractivity contribution in [1.82, 2.24) is 20.5 Å². The van der Waals surface area contributed by atoms with Gasteiger partial charge in [-0.3, -0.25) is 4.79 Å². The van der Waals surface area contributed by atoms with Crippen LogP contribution in [-0.2, 0) is 17.9 Å². The summed E-state index contributed by atoms with van der Waals surface area (Å²) in [7, 11) is 0. The zero-order valence-corrected chi connectivity index (χ0v) is 21.4. The molecule has 1 saturated heterocycles. The number of aromatic nitrogens is 1. The minimum atomic E-state index is 0. The molecule has 2 heterocycles. The Kier molecular flexibility index (Phi) is 10.7. The molecule has 2 N–H and O–H groups in total. The van der Waals surface area contributed by atoms with Gasteiger partial charge in [0, 0.05) is 43.9 Å². The average molecular weight is 551 g/mol. The summed E-state index contributed by atoms with van der Waals surface area (Å²) in [4.78, 5) is 23.2. The van der Waals surface area contributed by atoms with Gasteiger partial charge in [0.05, 0.1) is 6.54 Å². The molecule has 8 heteroatoms. The Morgan fingerprint density at radius 2 is 2.03 bits per heavy atom. The summed E-state index contributed by atoms with van der Waals surface area (Å²) in [5.74, 6) is 1.60. The number of guanidine groups is 1. The van der Waals surface area contributed by atoms with Gasteiger partial charge < -0.3 is 20.3 Å². The normalized spacial score (nSPS) is 15.9. The lowest BCUT2D eigenvalue weighted by Crippen LogP contribution is -2.45. The average Bonchev–Trinajstić information content (AvgIpc) is 3.25. The first kappa shape index (κ1) is 25.9. The second kappa shape index (κ2) is 13.2. The molecule has 1 aliphatic rings. The van der Waals surface area contributed by atoms with Gasteiger partial charge in [0.15, 0.2) is 5.96 Å². The Labute approximate surface area is 208 Å². The minimum absolute atomic E-state index is 0. The molecule has 1 aliphatic heterocycles. The largest absolute Gasteiger partial charge is 0.473 e. The van der Waals surface area contributed by atoms with Crippen LogP contribution in [0.15, 0.2) is 53.7 Å². The predicted molar refractivity (Wildman–Crippen MR) is 138 cm³/mol. The van der Waals surface area contributed by atoms with Gasteiger partial charge in [0.2, 0.25) is 11.8 Å². The molecule has 0 radical (unpaired) electrons. The Morgan fingerprint density at radius 1 is 1.25 bits per heavy atom. The van der Waals surface area contributed by atoms with Gasteiger partial charge in [-0.1, -0.05) is 44.2 Å². The van der Waals surface area contributed by atoms with Gasteiger partial charge in [0.1, 0.15) is 6.61 Å². The van der Waals surface area contributed by atoms with E-state index in [9.17, 15) is 4.79 Å². The first-order valence-electron chi connectivity index (χ1n) is 11.0. The van der Waals surface area contributed by atoms with E-state index in [1.165, 1.54) is 0 Å². The molecule has 0 spiro atoms. The van der Waals surface area contributed by atoms with Crippen molar-refractivity contribution in [3.05, 3.63) is 59.8 Å². The quantitative estimate of drug-likeness (QED) is 0.298. The van der Waals surface area contributed by atoms with Crippen LogP contribution in [0.5, 0.6) is 5.88 Å². The van der Waals surface area contributed by atoms with Crippen LogP contribution in [0, 0.1) is 5.92 Å². The number of halogens is 1. The molecule has 1 amide bonds. The van der Waals surface area contributed by atoms with E-state index in [1.54, 1.807) is 6.20 Å². The highest BCUT2D eigenvalue weighted by atomic mass is 127. The molecule has 0 bridgehead atoms. The number of benzene rings is 1. The number of likely N-dealkylation sites (tertiary alicyclic amines) is 1. The van der Waals surface area contributed by atoms with Crippen molar-refractivity contribution in [2.24, 2.45) is 10.9 Å². The molecule has 32 heavy (non-hydrogen) atoms. The second-order valence-electron chi connectivity index (χ2n) is 8.04. The Bertz CT molecular complexity index is 876. The number of nitrogens with zero attached hydrogens (tertiary/aromatic N) is 3. The topological polar surface area (TPSA) is 78.9 Å². The molecular weight excluding hydrogens is 517 g/mol. The van der Waals surface area contributed by atoms with Crippen molar-refractivity contribution < 1.29 is 9.53 Å². The fraction of sp³-hybridized carbons (Fsp3) is 0.458. The number of hydrogen-bond acceptors (Lipinski definition) is 4. The third kappa shape index (κ3) is 7.96. The molecule has 1 aromatic heterocycles. The number of hydrogen-bond donors (Lipinski definition) is 2. The first-order valence-corrected chi connectivity index (χ1v) is 11.0. The van der Waals surface area contributed by atoms with Gasteiger partial charge in [-0.15, -0.1) is 24.0 Å². The van der Waals surface area contributed by atoms with Crippen LogP contribution in [0.2, 0.25) is 0 Å². The molecule has 174 valence electrons. The minimum Gasteiger partial charge on any atom is -0.473 e. The van der Waals surface area contributed by atoms with Crippen molar-refractivity contribution >= 4 is 35.8 Å². The fourth-order valence-corrected chi connectivity index (χ4v) is 3.49. The third-order valence-electron chi connectivity index (χ3n) is 5.13. The monoisotopic (exact) mass is 551 g/mol. The van der Waals surface area contributed by atoms with E-state index in [1.807, 2.05) is 68.1 Å². The van der Waals surface area contributed by atoms with Gasteiger partial charge in [0.25, 0.3) is 0 Å². The number of pyridine rings is 1. The van der Waals surface area contributed by atoms with Crippen molar-refractivity contribution in [3.8, 4) is 5.88 Å². The zero-order chi connectivity index (χ0) is 22.1. The summed E-state index contributed by atoms with van der Waals surface area (Å²) < 4.78 is 5.82. The standard InChI is InChI=1S/C24H33N5O2.HI/c1-4-25-24(28-21-11-13-29(16-21)23(30)18(2)3)27-15-20-10-12-26-22(14-20)31-17-19-8-6-5-7-9-19;/h5-10,12,14,18,21H,4,11,13,15-17H2,1-3H3,(H2,25,27,28);1H. The summed E-state index contributed by atoms with van der Waals surface area (Å²) in [6.45, 7) is 9.22. The highest BCUT2D eigenvalue weighted by Gasteiger charge is 2.27. The number of rotatable bonds is 8. The maximum absolute atomic E-state index is 12.2. The SMILES string of the molecule is CCNC(=NCc1ccnc(OCc2ccccc2)c1)NC1CCN(C(=O)C(C)C)C1.I. The van der Waals surface area contributed by atoms with Crippen molar-refractivity contribution in [2.75, 3.05) is 19.6 Å². The van der Waals surface area contributed by atoms with Crippen LogP contribution in [0.4, 0.5) is 0 Å². The molecular formula is C24H34IN5O2. The Morgan fingerprint density at radius 3 is 2.75 bits per heavy atom. The number of nitrogens with one attached hydrogen (secondary N) is 2. The van der Waals surface area contributed by atoms with E-state index in [0.29, 0.717) is 25.6 Å². The zero-order valence-electron chi connectivity index (χ0n) is 19.1. The smallest absolute Gasteiger partial charge is 0.225 e. The fourth-order valence-electron chi connectivity index (χ4n) is 3.49. The van der Waals surface area contributed by atoms with Gasteiger partial charge in [-0.25, -0.2) is 9.98 Å². The van der Waals surface area contributed by atoms with Crippen LogP contribution in [0.1, 0.15) is 38.3 Å². The lowest BCUT2D eigenvalue weighted by molar-refractivity contribution is -0.133. The Balaban J connectivity index is 0.00000363. The van der Waals surface area contributed by atoms with Crippen LogP contribution < -0.4 is 15.4 Å². The van der Waals surface area contributed by atoms with Crippen LogP contribution in [0.3, 0.4) is 0 Å². The number of carbonyl (C=O) groups excluding carboxylic acids is 1. The second-order valence-corrected chi connectivity index (χ2v) is 8.04. The van der Waals surface area contributed by atoms with Crippen LogP contribution >= 0.6 is 24.0 Å². The van der Waals surface area contributed by atoms with E-state index in [0.717, 1.165) is 36.6 Å². The molecule has 2 aromatic rings.